The highest BCUT2D eigenvalue weighted by molar-refractivity contribution is 7.92. The van der Waals surface area contributed by atoms with Gasteiger partial charge in [0.15, 0.2) is 9.84 Å². The van der Waals surface area contributed by atoms with Gasteiger partial charge in [0.05, 0.1) is 10.5 Å². The minimum atomic E-state index is -3.08. The summed E-state index contributed by atoms with van der Waals surface area (Å²) in [6.07, 6.45) is 0.705. The molecule has 0 spiro atoms. The van der Waals surface area contributed by atoms with Gasteiger partial charge in [-0.05, 0) is 45.6 Å². The van der Waals surface area contributed by atoms with Crippen molar-refractivity contribution in [1.29, 1.82) is 0 Å². The van der Waals surface area contributed by atoms with Crippen LogP contribution in [-0.4, -0.2) is 18.9 Å². The zero-order valence-electron chi connectivity index (χ0n) is 10.8. The van der Waals surface area contributed by atoms with Crippen LogP contribution in [0.4, 0.5) is 0 Å². The molecule has 1 aromatic carbocycles. The van der Waals surface area contributed by atoms with Crippen molar-refractivity contribution in [2.45, 2.75) is 31.9 Å². The molecule has 0 aromatic heterocycles. The first-order valence-electron chi connectivity index (χ1n) is 5.82. The first-order chi connectivity index (χ1) is 7.72. The zero-order valence-corrected chi connectivity index (χ0v) is 11.6. The molecule has 1 rings (SSSR count). The summed E-state index contributed by atoms with van der Waals surface area (Å²) in [5, 5.41) is 0. The summed E-state index contributed by atoms with van der Waals surface area (Å²) in [7, 11) is -3.08. The fraction of sp³-hybridized carbons (Fsp3) is 0.500. The summed E-state index contributed by atoms with van der Waals surface area (Å²) < 4.78 is 23.3. The molecule has 1 atom stereocenters. The topological polar surface area (TPSA) is 34.1 Å². The molecule has 0 N–H and O–H groups in total. The quantitative estimate of drug-likeness (QED) is 0.827. The maximum absolute atomic E-state index is 12.0. The van der Waals surface area contributed by atoms with Crippen LogP contribution in [0.5, 0.6) is 0 Å². The molecule has 0 aliphatic carbocycles. The minimum Gasteiger partial charge on any atom is -0.228 e. The normalized spacial score (nSPS) is 14.6. The molecule has 0 fully saturated rings. The van der Waals surface area contributed by atoms with E-state index in [2.05, 4.69) is 6.92 Å². The summed E-state index contributed by atoms with van der Waals surface area (Å²) in [6, 6.07) is 9.87. The third-order valence-electron chi connectivity index (χ3n) is 2.76. The molecule has 3 heteroatoms. The largest absolute Gasteiger partial charge is 0.228 e. The second-order valence-electron chi connectivity index (χ2n) is 5.45. The Morgan fingerprint density at radius 1 is 1.18 bits per heavy atom. The zero-order chi connectivity index (χ0) is 13.1. The number of rotatable bonds is 4. The molecule has 0 bridgehead atoms. The van der Waals surface area contributed by atoms with Crippen LogP contribution >= 0.6 is 0 Å². The Hall–Kier alpha value is -0.830. The van der Waals surface area contributed by atoms with Crippen LogP contribution in [0, 0.1) is 12.8 Å². The summed E-state index contributed by atoms with van der Waals surface area (Å²) in [4.78, 5) is 0. The van der Waals surface area contributed by atoms with Crippen molar-refractivity contribution < 1.29 is 8.42 Å². The molecule has 95 valence electrons. The van der Waals surface area contributed by atoms with Gasteiger partial charge in [0.2, 0.25) is 0 Å². The van der Waals surface area contributed by atoms with E-state index < -0.39 is 14.6 Å². The Balaban J connectivity index is 2.66. The average molecular weight is 253 g/mol. The fourth-order valence-electron chi connectivity index (χ4n) is 1.57. The standard InChI is InChI=1S/C14H21O2S/c1-12(10-13-8-6-5-7-9-13)11-17(15,16)14(2,3)4/h5-9,12H,1,10-11H2,2-4H3. The van der Waals surface area contributed by atoms with Gasteiger partial charge in [-0.3, -0.25) is 0 Å². The van der Waals surface area contributed by atoms with Gasteiger partial charge < -0.3 is 0 Å². The minimum absolute atomic E-state index is 0.0957. The highest BCUT2D eigenvalue weighted by Crippen LogP contribution is 2.20. The maximum Gasteiger partial charge on any atom is 0.155 e. The SMILES string of the molecule is [CH2]C(Cc1ccccc1)CS(=O)(=O)C(C)(C)C. The molecule has 17 heavy (non-hydrogen) atoms. The molecule has 1 unspecified atom stereocenters. The smallest absolute Gasteiger partial charge is 0.155 e. The Morgan fingerprint density at radius 3 is 2.18 bits per heavy atom. The molecule has 1 aromatic rings. The summed E-state index contributed by atoms with van der Waals surface area (Å²) in [6.45, 7) is 9.15. The van der Waals surface area contributed by atoms with E-state index in [9.17, 15) is 8.42 Å². The molecule has 0 heterocycles. The lowest BCUT2D eigenvalue weighted by atomic mass is 10.0. The van der Waals surface area contributed by atoms with Gasteiger partial charge in [0.1, 0.15) is 0 Å². The van der Waals surface area contributed by atoms with Gasteiger partial charge in [-0.2, -0.15) is 0 Å². The predicted molar refractivity (Wildman–Crippen MR) is 72.5 cm³/mol. The number of hydrogen-bond acceptors (Lipinski definition) is 2. The van der Waals surface area contributed by atoms with Crippen LogP contribution in [0.25, 0.3) is 0 Å². The highest BCUT2D eigenvalue weighted by Gasteiger charge is 2.30. The van der Waals surface area contributed by atoms with Crippen molar-refractivity contribution in [2.75, 3.05) is 5.75 Å². The number of benzene rings is 1. The number of hydrogen-bond donors (Lipinski definition) is 0. The van der Waals surface area contributed by atoms with Crippen LogP contribution in [0.3, 0.4) is 0 Å². The summed E-state index contributed by atoms with van der Waals surface area (Å²) in [5.41, 5.74) is 1.14. The van der Waals surface area contributed by atoms with E-state index in [-0.39, 0.29) is 11.7 Å². The van der Waals surface area contributed by atoms with Crippen molar-refractivity contribution in [3.05, 3.63) is 42.8 Å². The summed E-state index contributed by atoms with van der Waals surface area (Å²) in [5.74, 6) is 0.0485. The van der Waals surface area contributed by atoms with Crippen LogP contribution < -0.4 is 0 Å². The Kier molecular flexibility index (Phi) is 4.36. The third-order valence-corrected chi connectivity index (χ3v) is 5.53. The molecular weight excluding hydrogens is 232 g/mol. The lowest BCUT2D eigenvalue weighted by Gasteiger charge is -2.22. The van der Waals surface area contributed by atoms with Gasteiger partial charge >= 0.3 is 0 Å². The van der Waals surface area contributed by atoms with E-state index in [1.54, 1.807) is 20.8 Å². The molecule has 0 aliphatic rings. The van der Waals surface area contributed by atoms with Gasteiger partial charge in [-0.1, -0.05) is 30.3 Å². The first kappa shape index (κ1) is 14.2. The molecule has 2 nitrogen and oxygen atoms in total. The van der Waals surface area contributed by atoms with Crippen LogP contribution in [-0.2, 0) is 16.3 Å². The monoisotopic (exact) mass is 253 g/mol. The van der Waals surface area contributed by atoms with E-state index in [0.29, 0.717) is 6.42 Å². The average Bonchev–Trinajstić information content (AvgIpc) is 2.16. The molecule has 0 saturated heterocycles. The predicted octanol–water partition coefficient (Wildman–Crippen LogP) is 2.89. The van der Waals surface area contributed by atoms with Crippen molar-refractivity contribution in [1.82, 2.24) is 0 Å². The lowest BCUT2D eigenvalue weighted by Crippen LogP contribution is -2.33. The second-order valence-corrected chi connectivity index (χ2v) is 8.24. The van der Waals surface area contributed by atoms with E-state index in [0.717, 1.165) is 5.56 Å². The van der Waals surface area contributed by atoms with E-state index >= 15 is 0 Å². The lowest BCUT2D eigenvalue weighted by molar-refractivity contribution is 0.547. The van der Waals surface area contributed by atoms with E-state index in [4.69, 9.17) is 0 Å². The van der Waals surface area contributed by atoms with E-state index in [1.165, 1.54) is 0 Å². The second kappa shape index (κ2) is 5.21. The Morgan fingerprint density at radius 2 is 1.71 bits per heavy atom. The van der Waals surface area contributed by atoms with Gasteiger partial charge in [0, 0.05) is 0 Å². The Bertz CT molecular complexity index is 441. The molecular formula is C14H21O2S. The van der Waals surface area contributed by atoms with E-state index in [1.807, 2.05) is 30.3 Å². The van der Waals surface area contributed by atoms with Crippen molar-refractivity contribution in [2.24, 2.45) is 5.92 Å². The van der Waals surface area contributed by atoms with Crippen LogP contribution in [0.15, 0.2) is 30.3 Å². The summed E-state index contributed by atoms with van der Waals surface area (Å²) >= 11 is 0. The van der Waals surface area contributed by atoms with Gasteiger partial charge in [-0.25, -0.2) is 8.42 Å². The van der Waals surface area contributed by atoms with Gasteiger partial charge in [-0.15, -0.1) is 0 Å². The van der Waals surface area contributed by atoms with Crippen molar-refractivity contribution in [3.8, 4) is 0 Å². The first-order valence-corrected chi connectivity index (χ1v) is 7.47. The number of sulfone groups is 1. The van der Waals surface area contributed by atoms with Gasteiger partial charge in [0.25, 0.3) is 0 Å². The Labute approximate surface area is 105 Å². The van der Waals surface area contributed by atoms with Crippen molar-refractivity contribution >= 4 is 9.84 Å². The van der Waals surface area contributed by atoms with Crippen LogP contribution in [0.2, 0.25) is 0 Å². The van der Waals surface area contributed by atoms with Crippen LogP contribution in [0.1, 0.15) is 26.3 Å². The highest BCUT2D eigenvalue weighted by atomic mass is 32.2. The van der Waals surface area contributed by atoms with Crippen molar-refractivity contribution in [3.63, 3.8) is 0 Å². The third kappa shape index (κ3) is 4.15. The molecule has 0 amide bonds. The molecule has 0 aliphatic heterocycles. The maximum atomic E-state index is 12.0. The molecule has 0 saturated carbocycles. The molecule has 1 radical (unpaired) electrons. The fourth-order valence-corrected chi connectivity index (χ4v) is 2.81.